The van der Waals surface area contributed by atoms with Gasteiger partial charge in [-0.1, -0.05) is 66.7 Å². The summed E-state index contributed by atoms with van der Waals surface area (Å²) in [5.74, 6) is 0. The van der Waals surface area contributed by atoms with Crippen molar-refractivity contribution in [1.82, 2.24) is 14.5 Å². The predicted molar refractivity (Wildman–Crippen MR) is 172 cm³/mol. The Labute approximate surface area is 241 Å². The highest BCUT2D eigenvalue weighted by Crippen LogP contribution is 2.43. The van der Waals surface area contributed by atoms with Gasteiger partial charge in [0.05, 0.1) is 22.4 Å². The third kappa shape index (κ3) is 3.29. The topological polar surface area (TPSA) is 43.9 Å². The second-order valence-electron chi connectivity index (χ2n) is 10.6. The molecule has 4 heterocycles. The monoisotopic (exact) mass is 537 g/mol. The van der Waals surface area contributed by atoms with Crippen molar-refractivity contribution in [2.75, 3.05) is 0 Å². The van der Waals surface area contributed by atoms with Gasteiger partial charge in [0.2, 0.25) is 0 Å². The molecule has 4 aromatic heterocycles. The molecular formula is C38H23N3O. The minimum absolute atomic E-state index is 0.879. The molecule has 0 fully saturated rings. The van der Waals surface area contributed by atoms with Crippen molar-refractivity contribution in [2.45, 2.75) is 0 Å². The molecule has 0 saturated heterocycles. The highest BCUT2D eigenvalue weighted by molar-refractivity contribution is 6.14. The van der Waals surface area contributed by atoms with Crippen molar-refractivity contribution in [3.8, 4) is 28.1 Å². The molecule has 9 aromatic rings. The summed E-state index contributed by atoms with van der Waals surface area (Å²) in [5.41, 5.74) is 9.27. The summed E-state index contributed by atoms with van der Waals surface area (Å²) >= 11 is 0. The van der Waals surface area contributed by atoms with Gasteiger partial charge in [0, 0.05) is 56.6 Å². The molecule has 196 valence electrons. The lowest BCUT2D eigenvalue weighted by Gasteiger charge is -2.16. The van der Waals surface area contributed by atoms with Gasteiger partial charge in [-0.2, -0.15) is 0 Å². The maximum atomic E-state index is 6.69. The molecule has 0 amide bonds. The Morgan fingerprint density at radius 2 is 1.24 bits per heavy atom. The Morgan fingerprint density at radius 3 is 2.02 bits per heavy atom. The number of aromatic nitrogens is 3. The molecule has 4 heteroatoms. The van der Waals surface area contributed by atoms with Crippen molar-refractivity contribution in [3.63, 3.8) is 0 Å². The summed E-state index contributed by atoms with van der Waals surface area (Å²) in [6.07, 6.45) is 5.51. The zero-order valence-electron chi connectivity index (χ0n) is 22.5. The van der Waals surface area contributed by atoms with Crippen LogP contribution in [0.3, 0.4) is 0 Å². The first-order valence-electron chi connectivity index (χ1n) is 14.1. The molecular weight excluding hydrogens is 514 g/mol. The third-order valence-electron chi connectivity index (χ3n) is 8.35. The fourth-order valence-electron chi connectivity index (χ4n) is 6.49. The second-order valence-corrected chi connectivity index (χ2v) is 10.6. The lowest BCUT2D eigenvalue weighted by molar-refractivity contribution is 0.670. The molecule has 42 heavy (non-hydrogen) atoms. The maximum absolute atomic E-state index is 6.69. The first-order valence-corrected chi connectivity index (χ1v) is 14.1. The van der Waals surface area contributed by atoms with Gasteiger partial charge >= 0.3 is 0 Å². The van der Waals surface area contributed by atoms with E-state index >= 15 is 0 Å². The van der Waals surface area contributed by atoms with E-state index in [1.807, 2.05) is 42.9 Å². The fourth-order valence-corrected chi connectivity index (χ4v) is 6.49. The lowest BCUT2D eigenvalue weighted by atomic mass is 9.96. The van der Waals surface area contributed by atoms with Gasteiger partial charge in [-0.25, -0.2) is 0 Å². The van der Waals surface area contributed by atoms with Crippen LogP contribution in [0.25, 0.3) is 82.6 Å². The van der Waals surface area contributed by atoms with Crippen LogP contribution >= 0.6 is 0 Å². The zero-order valence-corrected chi connectivity index (χ0v) is 22.5. The SMILES string of the molecule is c1ccc2c(c1)oc1c(-c3ccc4ccnc(-c5ccncc5)c4c3)c(-n3c4ccccc4c4ccccc43)ccc12. The van der Waals surface area contributed by atoms with E-state index in [0.29, 0.717) is 0 Å². The summed E-state index contributed by atoms with van der Waals surface area (Å²) in [6.45, 7) is 0. The second kappa shape index (κ2) is 8.88. The maximum Gasteiger partial charge on any atom is 0.145 e. The van der Waals surface area contributed by atoms with Gasteiger partial charge in [0.15, 0.2) is 0 Å². The molecule has 9 rings (SSSR count). The number of pyridine rings is 2. The smallest absolute Gasteiger partial charge is 0.145 e. The van der Waals surface area contributed by atoms with E-state index < -0.39 is 0 Å². The van der Waals surface area contributed by atoms with E-state index in [-0.39, 0.29) is 0 Å². The Kier molecular flexibility index (Phi) is 4.87. The molecule has 0 aliphatic rings. The van der Waals surface area contributed by atoms with Crippen molar-refractivity contribution < 1.29 is 4.42 Å². The Morgan fingerprint density at radius 1 is 0.524 bits per heavy atom. The van der Waals surface area contributed by atoms with Crippen LogP contribution in [0.1, 0.15) is 0 Å². The molecule has 0 saturated carbocycles. The molecule has 5 aromatic carbocycles. The van der Waals surface area contributed by atoms with Crippen LogP contribution in [0.2, 0.25) is 0 Å². The Balaban J connectivity index is 1.43. The molecule has 4 nitrogen and oxygen atoms in total. The van der Waals surface area contributed by atoms with Gasteiger partial charge < -0.3 is 8.98 Å². The zero-order chi connectivity index (χ0) is 27.6. The summed E-state index contributed by atoms with van der Waals surface area (Å²) in [6, 6.07) is 42.7. The van der Waals surface area contributed by atoms with Crippen LogP contribution < -0.4 is 0 Å². The Bertz CT molecular complexity index is 2420. The van der Waals surface area contributed by atoms with Gasteiger partial charge in [0.1, 0.15) is 11.2 Å². The molecule has 0 N–H and O–H groups in total. The number of hydrogen-bond donors (Lipinski definition) is 0. The first kappa shape index (κ1) is 23.0. The van der Waals surface area contributed by atoms with Gasteiger partial charge in [-0.05, 0) is 65.5 Å². The third-order valence-corrected chi connectivity index (χ3v) is 8.35. The van der Waals surface area contributed by atoms with E-state index in [1.165, 1.54) is 10.8 Å². The standard InChI is InChI=1S/C38H23N3O/c1-4-10-32-27(7-1)28-8-2-5-11-33(28)41(32)34-16-15-30-29-9-3-6-12-35(29)42-38(30)36(34)26-14-13-24-19-22-40-37(31(24)23-26)25-17-20-39-21-18-25/h1-23H. The summed E-state index contributed by atoms with van der Waals surface area (Å²) in [5, 5.41) is 6.89. The number of rotatable bonds is 3. The van der Waals surface area contributed by atoms with Crippen LogP contribution in [0.15, 0.2) is 144 Å². The molecule has 0 unspecified atom stereocenters. The number of fused-ring (bicyclic) bond motifs is 7. The highest BCUT2D eigenvalue weighted by atomic mass is 16.3. The lowest BCUT2D eigenvalue weighted by Crippen LogP contribution is -1.98. The molecule has 0 aliphatic heterocycles. The number of nitrogens with zero attached hydrogens (tertiary/aromatic N) is 3. The average molecular weight is 538 g/mol. The van der Waals surface area contributed by atoms with Gasteiger partial charge in [0.25, 0.3) is 0 Å². The first-order chi connectivity index (χ1) is 20.8. The minimum Gasteiger partial charge on any atom is -0.455 e. The van der Waals surface area contributed by atoms with Crippen LogP contribution in [0.5, 0.6) is 0 Å². The van der Waals surface area contributed by atoms with Crippen LogP contribution in [-0.4, -0.2) is 14.5 Å². The van der Waals surface area contributed by atoms with Crippen molar-refractivity contribution in [3.05, 3.63) is 140 Å². The van der Waals surface area contributed by atoms with E-state index in [4.69, 9.17) is 9.40 Å². The number of para-hydroxylation sites is 3. The van der Waals surface area contributed by atoms with Crippen LogP contribution in [0.4, 0.5) is 0 Å². The van der Waals surface area contributed by atoms with E-state index in [9.17, 15) is 0 Å². The molecule has 0 spiro atoms. The average Bonchev–Trinajstić information content (AvgIpc) is 3.60. The summed E-state index contributed by atoms with van der Waals surface area (Å²) < 4.78 is 9.07. The van der Waals surface area contributed by atoms with Gasteiger partial charge in [-0.15, -0.1) is 0 Å². The minimum atomic E-state index is 0.879. The van der Waals surface area contributed by atoms with Crippen LogP contribution in [0, 0.1) is 0 Å². The van der Waals surface area contributed by atoms with Gasteiger partial charge in [-0.3, -0.25) is 9.97 Å². The molecule has 0 radical (unpaired) electrons. The number of benzene rings is 5. The van der Waals surface area contributed by atoms with Crippen molar-refractivity contribution in [1.29, 1.82) is 0 Å². The van der Waals surface area contributed by atoms with Crippen molar-refractivity contribution >= 4 is 54.5 Å². The summed E-state index contributed by atoms with van der Waals surface area (Å²) in [4.78, 5) is 9.02. The number of furan rings is 1. The Hall–Kier alpha value is -5.74. The van der Waals surface area contributed by atoms with Crippen molar-refractivity contribution in [2.24, 2.45) is 0 Å². The quantitative estimate of drug-likeness (QED) is 0.225. The number of hydrogen-bond acceptors (Lipinski definition) is 3. The molecule has 0 atom stereocenters. The van der Waals surface area contributed by atoms with E-state index in [0.717, 1.165) is 71.8 Å². The largest absolute Gasteiger partial charge is 0.455 e. The van der Waals surface area contributed by atoms with Crippen LogP contribution in [-0.2, 0) is 0 Å². The predicted octanol–water partition coefficient (Wildman–Crippen LogP) is 9.96. The van der Waals surface area contributed by atoms with E-state index in [1.54, 1.807) is 0 Å². The molecule has 0 bridgehead atoms. The molecule has 0 aliphatic carbocycles. The fraction of sp³-hybridized carbons (Fsp3) is 0. The normalized spacial score (nSPS) is 11.8. The highest BCUT2D eigenvalue weighted by Gasteiger charge is 2.21. The van der Waals surface area contributed by atoms with E-state index in [2.05, 4.69) is 107 Å². The summed E-state index contributed by atoms with van der Waals surface area (Å²) in [7, 11) is 0.